The molecule has 59 valence electrons. The van der Waals surface area contributed by atoms with E-state index in [1.807, 2.05) is 0 Å². The second-order valence-electron chi connectivity index (χ2n) is 2.03. The summed E-state index contributed by atoms with van der Waals surface area (Å²) in [4.78, 5) is 21.6. The summed E-state index contributed by atoms with van der Waals surface area (Å²) in [5.74, 6) is 0.146. The molecule has 0 unspecified atom stereocenters. The van der Waals surface area contributed by atoms with Gasteiger partial charge in [0.25, 0.3) is 0 Å². The number of aromatic nitrogens is 2. The van der Waals surface area contributed by atoms with E-state index in [-0.39, 0.29) is 15.0 Å². The molecule has 0 aliphatic carbocycles. The van der Waals surface area contributed by atoms with Gasteiger partial charge in [0.15, 0.2) is 0 Å². The SMILES string of the molecule is Cc1n([O])c(=O)[se]c(=O)[n+]1C. The van der Waals surface area contributed by atoms with Crippen molar-refractivity contribution in [3.8, 4) is 0 Å². The van der Waals surface area contributed by atoms with Crippen molar-refractivity contribution in [1.82, 2.24) is 4.73 Å². The van der Waals surface area contributed by atoms with Crippen molar-refractivity contribution in [3.63, 3.8) is 0 Å². The second-order valence-corrected chi connectivity index (χ2v) is 3.93. The van der Waals surface area contributed by atoms with E-state index in [1.54, 1.807) is 0 Å². The molecule has 5 nitrogen and oxygen atoms in total. The molecule has 0 aliphatic rings. The zero-order valence-corrected chi connectivity index (χ0v) is 7.74. The van der Waals surface area contributed by atoms with Crippen LogP contribution in [0.5, 0.6) is 0 Å². The minimum absolute atomic E-state index is 0.146. The Bertz CT molecular complexity index is 357. The van der Waals surface area contributed by atoms with Crippen LogP contribution in [0.2, 0.25) is 0 Å². The van der Waals surface area contributed by atoms with Crippen LogP contribution in [-0.2, 0) is 12.3 Å². The number of nitrogens with zero attached hydrogens (tertiary/aromatic N) is 2. The predicted molar refractivity (Wildman–Crippen MR) is 35.9 cm³/mol. The Balaban J connectivity index is 3.73. The van der Waals surface area contributed by atoms with Gasteiger partial charge in [-0.3, -0.25) is 0 Å². The molecule has 1 radical (unpaired) electrons. The summed E-state index contributed by atoms with van der Waals surface area (Å²) in [5.41, 5.74) is 0. The third kappa shape index (κ3) is 1.27. The first-order valence-corrected chi connectivity index (χ1v) is 4.55. The minimum atomic E-state index is -0.865. The molecular weight excluding hydrogens is 215 g/mol. The summed E-state index contributed by atoms with van der Waals surface area (Å²) >= 11 is -0.865. The molecule has 0 bridgehead atoms. The fraction of sp³-hybridized carbons (Fsp3) is 0.400. The molecule has 0 aromatic carbocycles. The Labute approximate surface area is 67.9 Å². The first kappa shape index (κ1) is 8.23. The van der Waals surface area contributed by atoms with Gasteiger partial charge in [-0.1, -0.05) is 0 Å². The Morgan fingerprint density at radius 1 is 1.45 bits per heavy atom. The molecule has 0 saturated heterocycles. The van der Waals surface area contributed by atoms with Crippen LogP contribution in [0.25, 0.3) is 0 Å². The first-order valence-electron chi connectivity index (χ1n) is 2.84. The van der Waals surface area contributed by atoms with Crippen molar-refractivity contribution in [2.75, 3.05) is 0 Å². The summed E-state index contributed by atoms with van der Waals surface area (Å²) in [7, 11) is 1.48. The Morgan fingerprint density at radius 3 is 2.55 bits per heavy atom. The summed E-state index contributed by atoms with van der Waals surface area (Å²) in [5, 5.41) is 10.8. The van der Waals surface area contributed by atoms with Crippen LogP contribution in [0.15, 0.2) is 9.59 Å². The van der Waals surface area contributed by atoms with Gasteiger partial charge in [0.2, 0.25) is 0 Å². The zero-order valence-electron chi connectivity index (χ0n) is 6.03. The van der Waals surface area contributed by atoms with Gasteiger partial charge in [-0.25, -0.2) is 0 Å². The molecule has 1 aromatic heterocycles. The molecule has 0 aliphatic heterocycles. The van der Waals surface area contributed by atoms with Crippen molar-refractivity contribution in [2.24, 2.45) is 7.05 Å². The van der Waals surface area contributed by atoms with Crippen LogP contribution in [0, 0.1) is 6.92 Å². The van der Waals surface area contributed by atoms with Gasteiger partial charge in [-0.15, -0.1) is 0 Å². The van der Waals surface area contributed by atoms with Gasteiger partial charge in [0, 0.05) is 0 Å². The quantitative estimate of drug-likeness (QED) is 0.362. The summed E-state index contributed by atoms with van der Waals surface area (Å²) in [6, 6.07) is 0. The van der Waals surface area contributed by atoms with Crippen molar-refractivity contribution < 1.29 is 9.77 Å². The summed E-state index contributed by atoms with van der Waals surface area (Å²) in [6.07, 6.45) is 0. The molecule has 0 saturated carbocycles. The van der Waals surface area contributed by atoms with Crippen LogP contribution in [0.1, 0.15) is 5.82 Å². The van der Waals surface area contributed by atoms with Crippen molar-refractivity contribution >= 4 is 14.5 Å². The van der Waals surface area contributed by atoms with Crippen LogP contribution in [-0.4, -0.2) is 19.2 Å². The Hall–Kier alpha value is -0.871. The van der Waals surface area contributed by atoms with E-state index >= 15 is 0 Å². The molecule has 1 aromatic rings. The average Bonchev–Trinajstić information content (AvgIpc) is 1.97. The normalized spacial score (nSPS) is 10.0. The molecule has 0 amide bonds. The fourth-order valence-corrected chi connectivity index (χ4v) is 1.91. The third-order valence-corrected chi connectivity index (χ3v) is 3.05. The van der Waals surface area contributed by atoms with Gasteiger partial charge < -0.3 is 0 Å². The molecule has 0 spiro atoms. The second kappa shape index (κ2) is 2.64. The van der Waals surface area contributed by atoms with Crippen molar-refractivity contribution in [1.29, 1.82) is 0 Å². The monoisotopic (exact) mass is 222 g/mol. The van der Waals surface area contributed by atoms with Crippen LogP contribution in [0.3, 0.4) is 0 Å². The van der Waals surface area contributed by atoms with Gasteiger partial charge >= 0.3 is 67.3 Å². The van der Waals surface area contributed by atoms with E-state index in [2.05, 4.69) is 0 Å². The summed E-state index contributed by atoms with van der Waals surface area (Å²) < 4.78 is 0.570. The van der Waals surface area contributed by atoms with Crippen molar-refractivity contribution in [2.45, 2.75) is 6.92 Å². The molecule has 11 heavy (non-hydrogen) atoms. The van der Waals surface area contributed by atoms with Gasteiger partial charge in [0.1, 0.15) is 0 Å². The van der Waals surface area contributed by atoms with Crippen LogP contribution >= 0.6 is 0 Å². The van der Waals surface area contributed by atoms with E-state index in [9.17, 15) is 14.8 Å². The third-order valence-electron chi connectivity index (χ3n) is 1.39. The number of hydrogen-bond acceptors (Lipinski definition) is 2. The predicted octanol–water partition coefficient (Wildman–Crippen LogP) is -2.41. The molecule has 1 rings (SSSR count). The number of hydrogen-bond donors (Lipinski definition) is 0. The fourth-order valence-electron chi connectivity index (χ4n) is 0.585. The van der Waals surface area contributed by atoms with Crippen molar-refractivity contribution in [3.05, 3.63) is 24.3 Å². The maximum absolute atomic E-state index is 10.9. The van der Waals surface area contributed by atoms with E-state index in [4.69, 9.17) is 0 Å². The molecule has 1 heterocycles. The number of rotatable bonds is 0. The Morgan fingerprint density at radius 2 is 2.00 bits per heavy atom. The molecule has 0 atom stereocenters. The maximum atomic E-state index is 10.9. The van der Waals surface area contributed by atoms with Crippen LogP contribution in [0.4, 0.5) is 0 Å². The Kier molecular flexibility index (Phi) is 1.97. The average molecular weight is 221 g/mol. The van der Waals surface area contributed by atoms with E-state index in [1.165, 1.54) is 18.5 Å². The van der Waals surface area contributed by atoms with Gasteiger partial charge in [-0.05, 0) is 0 Å². The van der Waals surface area contributed by atoms with Crippen LogP contribution < -0.4 is 13.4 Å². The van der Waals surface area contributed by atoms with Gasteiger partial charge in [-0.2, -0.15) is 0 Å². The van der Waals surface area contributed by atoms with E-state index < -0.39 is 18.9 Å². The molecular formula is C5H6N2O3Se+. The zero-order chi connectivity index (χ0) is 8.59. The molecule has 6 heteroatoms. The molecule has 0 fully saturated rings. The van der Waals surface area contributed by atoms with Gasteiger partial charge in [0.05, 0.1) is 0 Å². The first-order chi connectivity index (χ1) is 5.04. The topological polar surface area (TPSA) is 62.9 Å². The van der Waals surface area contributed by atoms with E-state index in [0.717, 1.165) is 0 Å². The standard InChI is InChI=1S/C5H6N2O3Se/c1-3-6(2)4(8)11-5(9)7(3)10/h1-2H3/q+1. The van der Waals surface area contributed by atoms with E-state index in [0.29, 0.717) is 0 Å². The molecule has 0 N–H and O–H groups in total. The summed E-state index contributed by atoms with van der Waals surface area (Å²) in [6.45, 7) is 1.44.